The van der Waals surface area contributed by atoms with Gasteiger partial charge in [-0.25, -0.2) is 15.0 Å². The predicted octanol–water partition coefficient (Wildman–Crippen LogP) is 3.28. The molecule has 0 amide bonds. The summed E-state index contributed by atoms with van der Waals surface area (Å²) in [5, 5.41) is 6.85. The SMILES string of the molecule is COc1cc(Nc2nc(-c3cnc4c(c3)CCCO4)cn3ccnc23)ccc1N1CCNCC1. The van der Waals surface area contributed by atoms with E-state index in [4.69, 9.17) is 14.5 Å². The first-order valence-corrected chi connectivity index (χ1v) is 11.6. The fraction of sp³-hybridized carbons (Fsp3) is 0.320. The Morgan fingerprint density at radius 1 is 1.15 bits per heavy atom. The van der Waals surface area contributed by atoms with E-state index in [2.05, 4.69) is 43.7 Å². The molecule has 174 valence electrons. The molecular formula is C25H27N7O2. The van der Waals surface area contributed by atoms with E-state index in [1.54, 1.807) is 13.3 Å². The van der Waals surface area contributed by atoms with Crippen molar-refractivity contribution < 1.29 is 9.47 Å². The van der Waals surface area contributed by atoms with Gasteiger partial charge in [0.05, 0.1) is 25.1 Å². The van der Waals surface area contributed by atoms with Crippen LogP contribution in [0.5, 0.6) is 11.6 Å². The van der Waals surface area contributed by atoms with Gasteiger partial charge in [0.25, 0.3) is 0 Å². The summed E-state index contributed by atoms with van der Waals surface area (Å²) >= 11 is 0. The highest BCUT2D eigenvalue weighted by molar-refractivity contribution is 5.76. The number of nitrogens with zero attached hydrogens (tertiary/aromatic N) is 5. The van der Waals surface area contributed by atoms with Gasteiger partial charge in [0, 0.05) is 73.8 Å². The normalized spacial score (nSPS) is 15.6. The third kappa shape index (κ3) is 3.88. The van der Waals surface area contributed by atoms with Gasteiger partial charge in [-0.2, -0.15) is 0 Å². The van der Waals surface area contributed by atoms with E-state index < -0.39 is 0 Å². The molecule has 5 heterocycles. The molecule has 0 saturated carbocycles. The fourth-order valence-electron chi connectivity index (χ4n) is 4.59. The number of hydrogen-bond donors (Lipinski definition) is 2. The average Bonchev–Trinajstić information content (AvgIpc) is 3.38. The van der Waals surface area contributed by atoms with E-state index in [0.29, 0.717) is 5.82 Å². The maximum atomic E-state index is 5.73. The number of aromatic nitrogens is 4. The van der Waals surface area contributed by atoms with Crippen LogP contribution in [0.1, 0.15) is 12.0 Å². The van der Waals surface area contributed by atoms with Gasteiger partial charge in [0.15, 0.2) is 11.5 Å². The van der Waals surface area contributed by atoms with Crippen LogP contribution in [0.3, 0.4) is 0 Å². The summed E-state index contributed by atoms with van der Waals surface area (Å²) in [6.07, 6.45) is 9.48. The number of piperazine rings is 1. The van der Waals surface area contributed by atoms with Gasteiger partial charge in [-0.1, -0.05) is 0 Å². The lowest BCUT2D eigenvalue weighted by Crippen LogP contribution is -2.43. The molecule has 9 heteroatoms. The van der Waals surface area contributed by atoms with Gasteiger partial charge in [-0.3, -0.25) is 0 Å². The number of hydrogen-bond acceptors (Lipinski definition) is 8. The standard InChI is InChI=1S/C25H27N7O2/c1-33-22-14-19(4-5-21(22)31-9-6-26-7-10-31)29-23-24-27-8-11-32(24)16-20(30-23)18-13-17-3-2-12-34-25(17)28-15-18/h4-5,8,11,13-16,26H,2-3,6-7,9-10,12H2,1H3,(H,29,30). The number of methoxy groups -OCH3 is 1. The molecule has 0 atom stereocenters. The Morgan fingerprint density at radius 3 is 2.94 bits per heavy atom. The number of aryl methyl sites for hydroxylation is 1. The van der Waals surface area contributed by atoms with Crippen molar-refractivity contribution in [2.75, 3.05) is 50.1 Å². The number of anilines is 3. The molecule has 2 N–H and O–H groups in total. The highest BCUT2D eigenvalue weighted by Crippen LogP contribution is 2.34. The van der Waals surface area contributed by atoms with Crippen molar-refractivity contribution in [1.82, 2.24) is 24.7 Å². The van der Waals surface area contributed by atoms with E-state index in [0.717, 1.165) is 91.1 Å². The number of benzene rings is 1. The number of ether oxygens (including phenoxy) is 2. The molecule has 1 fully saturated rings. The highest BCUT2D eigenvalue weighted by atomic mass is 16.5. The largest absolute Gasteiger partial charge is 0.495 e. The van der Waals surface area contributed by atoms with Gasteiger partial charge in [-0.15, -0.1) is 0 Å². The molecule has 3 aromatic heterocycles. The third-order valence-electron chi connectivity index (χ3n) is 6.32. The van der Waals surface area contributed by atoms with Gasteiger partial charge in [0.1, 0.15) is 5.75 Å². The Labute approximate surface area is 197 Å². The molecule has 9 nitrogen and oxygen atoms in total. The Morgan fingerprint density at radius 2 is 2.06 bits per heavy atom. The molecule has 2 aliphatic rings. The van der Waals surface area contributed by atoms with Gasteiger partial charge >= 0.3 is 0 Å². The molecule has 0 bridgehead atoms. The number of imidazole rings is 1. The topological polar surface area (TPSA) is 88.8 Å². The van der Waals surface area contributed by atoms with E-state index in [1.165, 1.54) is 0 Å². The smallest absolute Gasteiger partial charge is 0.216 e. The average molecular weight is 458 g/mol. The number of fused-ring (bicyclic) bond motifs is 2. The molecule has 6 rings (SSSR count). The summed E-state index contributed by atoms with van der Waals surface area (Å²) in [6, 6.07) is 8.31. The zero-order valence-corrected chi connectivity index (χ0v) is 19.1. The van der Waals surface area contributed by atoms with Gasteiger partial charge < -0.3 is 29.4 Å². The first-order valence-electron chi connectivity index (χ1n) is 11.6. The zero-order chi connectivity index (χ0) is 22.9. The van der Waals surface area contributed by atoms with Crippen molar-refractivity contribution in [1.29, 1.82) is 0 Å². The molecule has 1 aromatic carbocycles. The lowest BCUT2D eigenvalue weighted by molar-refractivity contribution is 0.276. The Hall–Kier alpha value is -3.85. The van der Waals surface area contributed by atoms with Crippen molar-refractivity contribution in [2.24, 2.45) is 0 Å². The van der Waals surface area contributed by atoms with Crippen LogP contribution < -0.4 is 25.0 Å². The molecule has 34 heavy (non-hydrogen) atoms. The summed E-state index contributed by atoms with van der Waals surface area (Å²) in [5.41, 5.74) is 5.64. The maximum Gasteiger partial charge on any atom is 0.216 e. The molecule has 0 unspecified atom stereocenters. The molecule has 4 aromatic rings. The quantitative estimate of drug-likeness (QED) is 0.472. The molecule has 1 saturated heterocycles. The van der Waals surface area contributed by atoms with Crippen LogP contribution in [0.25, 0.3) is 16.9 Å². The van der Waals surface area contributed by atoms with E-state index in [1.807, 2.05) is 29.1 Å². The lowest BCUT2D eigenvalue weighted by Gasteiger charge is -2.30. The first-order chi connectivity index (χ1) is 16.8. The number of rotatable bonds is 5. The van der Waals surface area contributed by atoms with Crippen LogP contribution in [0.4, 0.5) is 17.2 Å². The van der Waals surface area contributed by atoms with Crippen LogP contribution in [-0.4, -0.2) is 59.2 Å². The van der Waals surface area contributed by atoms with Crippen molar-refractivity contribution in [3.63, 3.8) is 0 Å². The summed E-state index contributed by atoms with van der Waals surface area (Å²) in [4.78, 5) is 16.3. The molecule has 2 aliphatic heterocycles. The van der Waals surface area contributed by atoms with Crippen LogP contribution in [0.2, 0.25) is 0 Å². The maximum absolute atomic E-state index is 5.73. The first kappa shape index (κ1) is 20.7. The van der Waals surface area contributed by atoms with Crippen molar-refractivity contribution in [2.45, 2.75) is 12.8 Å². The molecule has 0 aliphatic carbocycles. The second-order valence-corrected chi connectivity index (χ2v) is 8.52. The summed E-state index contributed by atoms with van der Waals surface area (Å²) in [6.45, 7) is 4.59. The van der Waals surface area contributed by atoms with Gasteiger partial charge in [0.2, 0.25) is 5.88 Å². The molecule has 0 spiro atoms. The van der Waals surface area contributed by atoms with Crippen molar-refractivity contribution in [3.8, 4) is 22.9 Å². The Balaban J connectivity index is 1.35. The van der Waals surface area contributed by atoms with Crippen LogP contribution >= 0.6 is 0 Å². The monoisotopic (exact) mass is 457 g/mol. The van der Waals surface area contributed by atoms with E-state index in [-0.39, 0.29) is 0 Å². The minimum Gasteiger partial charge on any atom is -0.495 e. The van der Waals surface area contributed by atoms with Crippen LogP contribution in [-0.2, 0) is 6.42 Å². The molecule has 0 radical (unpaired) electrons. The zero-order valence-electron chi connectivity index (χ0n) is 19.1. The van der Waals surface area contributed by atoms with Crippen molar-refractivity contribution in [3.05, 3.63) is 54.6 Å². The number of nitrogens with one attached hydrogen (secondary N) is 2. The fourth-order valence-corrected chi connectivity index (χ4v) is 4.59. The van der Waals surface area contributed by atoms with Crippen LogP contribution in [0.15, 0.2) is 49.1 Å². The van der Waals surface area contributed by atoms with E-state index >= 15 is 0 Å². The second-order valence-electron chi connectivity index (χ2n) is 8.52. The predicted molar refractivity (Wildman–Crippen MR) is 131 cm³/mol. The second kappa shape index (κ2) is 8.83. The van der Waals surface area contributed by atoms with E-state index in [9.17, 15) is 0 Å². The minimum absolute atomic E-state index is 0.674. The third-order valence-corrected chi connectivity index (χ3v) is 6.32. The Kier molecular flexibility index (Phi) is 5.38. The van der Waals surface area contributed by atoms with Crippen LogP contribution in [0, 0.1) is 0 Å². The summed E-state index contributed by atoms with van der Waals surface area (Å²) < 4.78 is 13.4. The highest BCUT2D eigenvalue weighted by Gasteiger charge is 2.18. The summed E-state index contributed by atoms with van der Waals surface area (Å²) in [5.74, 6) is 2.24. The number of pyridine rings is 1. The Bertz CT molecular complexity index is 1330. The van der Waals surface area contributed by atoms with Crippen molar-refractivity contribution >= 4 is 22.8 Å². The summed E-state index contributed by atoms with van der Waals surface area (Å²) in [7, 11) is 1.71. The minimum atomic E-state index is 0.674. The lowest BCUT2D eigenvalue weighted by atomic mass is 10.1. The molecular weight excluding hydrogens is 430 g/mol. The van der Waals surface area contributed by atoms with Gasteiger partial charge in [-0.05, 0) is 31.0 Å².